The van der Waals surface area contributed by atoms with Crippen molar-refractivity contribution in [1.82, 2.24) is 15.0 Å². The molecule has 4 aromatic carbocycles. The highest BCUT2D eigenvalue weighted by Gasteiger charge is 2.36. The molecule has 6 N–H and O–H groups in total. The molecule has 0 spiro atoms. The molecule has 0 bridgehead atoms. The van der Waals surface area contributed by atoms with Gasteiger partial charge in [0, 0.05) is 35.6 Å². The molecule has 1 aromatic heterocycles. The molecule has 1 aliphatic rings. The summed E-state index contributed by atoms with van der Waals surface area (Å²) in [6, 6.07) is 24.4. The van der Waals surface area contributed by atoms with Gasteiger partial charge in [-0.3, -0.25) is 14.1 Å². The molecule has 0 aliphatic heterocycles. The molecule has 0 amide bonds. The second-order valence-corrected chi connectivity index (χ2v) is 11.7. The van der Waals surface area contributed by atoms with Crippen molar-refractivity contribution in [3.8, 4) is 0 Å². The first-order valence-corrected chi connectivity index (χ1v) is 15.2. The molecular formula is C32H27N7O5S. The second-order valence-electron chi connectivity index (χ2n) is 10.3. The van der Waals surface area contributed by atoms with E-state index < -0.39 is 32.3 Å². The van der Waals surface area contributed by atoms with Crippen LogP contribution >= 0.6 is 0 Å². The molecule has 0 saturated carbocycles. The maximum Gasteiger partial charge on any atom is 0.296 e. The van der Waals surface area contributed by atoms with Crippen molar-refractivity contribution in [2.45, 2.75) is 24.9 Å². The molecule has 12 nitrogen and oxygen atoms in total. The van der Waals surface area contributed by atoms with Crippen molar-refractivity contribution in [2.24, 2.45) is 0 Å². The predicted octanol–water partition coefficient (Wildman–Crippen LogP) is 4.75. The largest absolute Gasteiger partial charge is 0.397 e. The number of para-hydroxylation sites is 1. The van der Waals surface area contributed by atoms with Gasteiger partial charge in [0.1, 0.15) is 10.7 Å². The molecule has 0 radical (unpaired) electrons. The Labute approximate surface area is 258 Å². The molecule has 45 heavy (non-hydrogen) atoms. The zero-order valence-electron chi connectivity index (χ0n) is 23.9. The van der Waals surface area contributed by atoms with Crippen LogP contribution in [-0.4, -0.2) is 39.5 Å². The third-order valence-corrected chi connectivity index (χ3v) is 8.07. The lowest BCUT2D eigenvalue weighted by Crippen LogP contribution is -2.25. The molecule has 0 saturated heterocycles. The third kappa shape index (κ3) is 6.07. The van der Waals surface area contributed by atoms with E-state index in [9.17, 15) is 22.6 Å². The van der Waals surface area contributed by atoms with Crippen molar-refractivity contribution in [1.29, 1.82) is 0 Å². The number of nitrogen functional groups attached to an aromatic ring is 1. The molecule has 226 valence electrons. The Balaban J connectivity index is 1.23. The van der Waals surface area contributed by atoms with Crippen molar-refractivity contribution in [2.75, 3.05) is 21.7 Å². The van der Waals surface area contributed by atoms with Crippen LogP contribution in [-0.2, 0) is 23.2 Å². The van der Waals surface area contributed by atoms with Gasteiger partial charge in [-0.05, 0) is 36.2 Å². The fourth-order valence-corrected chi connectivity index (χ4v) is 5.79. The third-order valence-electron chi connectivity index (χ3n) is 7.18. The van der Waals surface area contributed by atoms with E-state index in [1.165, 1.54) is 12.1 Å². The number of fused-ring (bicyclic) bond motifs is 2. The Morgan fingerprint density at radius 3 is 2.00 bits per heavy atom. The maximum absolute atomic E-state index is 13.5. The van der Waals surface area contributed by atoms with Gasteiger partial charge in [0.2, 0.25) is 11.9 Å². The maximum atomic E-state index is 13.5. The number of carbonyl (C=O) groups excluding carboxylic acids is 2. The minimum atomic E-state index is -4.81. The molecular weight excluding hydrogens is 594 g/mol. The number of rotatable bonds is 9. The number of hydrogen-bond acceptors (Lipinski definition) is 11. The van der Waals surface area contributed by atoms with Crippen LogP contribution in [0.5, 0.6) is 0 Å². The van der Waals surface area contributed by atoms with Crippen molar-refractivity contribution in [3.05, 3.63) is 124 Å². The smallest absolute Gasteiger partial charge is 0.296 e. The Morgan fingerprint density at radius 2 is 1.33 bits per heavy atom. The number of nitrogens with two attached hydrogens (primary N) is 1. The Bertz CT molecular complexity index is 2090. The fourth-order valence-electron chi connectivity index (χ4n) is 5.14. The topological polar surface area (TPSA) is 189 Å². The minimum Gasteiger partial charge on any atom is -0.397 e. The molecule has 0 unspecified atom stereocenters. The van der Waals surface area contributed by atoms with Crippen molar-refractivity contribution < 1.29 is 22.6 Å². The zero-order chi connectivity index (χ0) is 31.7. The number of anilines is 5. The molecule has 1 heterocycles. The first kappa shape index (κ1) is 29.4. The lowest BCUT2D eigenvalue weighted by molar-refractivity contribution is 0.0980. The Kier molecular flexibility index (Phi) is 7.71. The van der Waals surface area contributed by atoms with Gasteiger partial charge in [-0.25, -0.2) is 0 Å². The summed E-state index contributed by atoms with van der Waals surface area (Å²) >= 11 is 0. The fraction of sp³-hybridized carbons (Fsp3) is 0.0938. The lowest BCUT2D eigenvalue weighted by atomic mass is 9.82. The number of benzene rings is 4. The molecule has 5 aromatic rings. The van der Waals surface area contributed by atoms with Crippen LogP contribution in [0.25, 0.3) is 0 Å². The number of carbonyl (C=O) groups is 2. The highest BCUT2D eigenvalue weighted by Crippen LogP contribution is 2.39. The number of nitrogens with zero attached hydrogens (tertiary/aromatic N) is 3. The lowest BCUT2D eigenvalue weighted by Gasteiger charge is -2.23. The number of nitrogens with one attached hydrogen (secondary N) is 3. The summed E-state index contributed by atoms with van der Waals surface area (Å²) in [5.41, 5.74) is 8.16. The molecule has 6 rings (SSSR count). The monoisotopic (exact) mass is 621 g/mol. The van der Waals surface area contributed by atoms with Crippen LogP contribution < -0.4 is 21.7 Å². The predicted molar refractivity (Wildman–Crippen MR) is 169 cm³/mol. The van der Waals surface area contributed by atoms with Gasteiger partial charge in [0.25, 0.3) is 10.1 Å². The molecule has 1 aliphatic carbocycles. The highest BCUT2D eigenvalue weighted by atomic mass is 32.2. The number of aromatic nitrogens is 3. The van der Waals surface area contributed by atoms with E-state index in [0.717, 1.165) is 22.9 Å². The van der Waals surface area contributed by atoms with E-state index >= 15 is 0 Å². The first-order valence-electron chi connectivity index (χ1n) is 13.8. The van der Waals surface area contributed by atoms with Gasteiger partial charge in [0.15, 0.2) is 11.6 Å². The van der Waals surface area contributed by atoms with Gasteiger partial charge in [0.05, 0.1) is 16.8 Å². The van der Waals surface area contributed by atoms with Crippen LogP contribution in [0.1, 0.15) is 48.8 Å². The van der Waals surface area contributed by atoms with Crippen molar-refractivity contribution in [3.63, 3.8) is 0 Å². The van der Waals surface area contributed by atoms with Crippen LogP contribution in [0, 0.1) is 6.92 Å². The van der Waals surface area contributed by atoms with Crippen LogP contribution in [0.4, 0.5) is 29.0 Å². The summed E-state index contributed by atoms with van der Waals surface area (Å²) in [7, 11) is -4.81. The molecule has 0 atom stereocenters. The van der Waals surface area contributed by atoms with Crippen molar-refractivity contribution >= 4 is 50.6 Å². The van der Waals surface area contributed by atoms with Crippen LogP contribution in [0.3, 0.4) is 0 Å². The molecule has 0 fully saturated rings. The SMILES string of the molecule is Cc1nc(NCc2cccc(CNc3cc(S(=O)(=O)O)c(N)c4c3C(=O)c3ccccc3C4=O)c2)nc(Nc2ccccc2)n1. The van der Waals surface area contributed by atoms with Crippen LogP contribution in [0.15, 0.2) is 89.8 Å². The average molecular weight is 622 g/mol. The van der Waals surface area contributed by atoms with Gasteiger partial charge in [-0.2, -0.15) is 23.4 Å². The quantitative estimate of drug-likeness (QED) is 0.110. The summed E-state index contributed by atoms with van der Waals surface area (Å²) in [6.07, 6.45) is 0. The number of aryl methyl sites for hydroxylation is 1. The van der Waals surface area contributed by atoms with E-state index in [1.54, 1.807) is 19.1 Å². The summed E-state index contributed by atoms with van der Waals surface area (Å²) in [5, 5.41) is 9.45. The van der Waals surface area contributed by atoms with E-state index in [4.69, 9.17) is 5.73 Å². The molecule has 13 heteroatoms. The van der Waals surface area contributed by atoms with Gasteiger partial charge in [-0.15, -0.1) is 0 Å². The van der Waals surface area contributed by atoms with E-state index in [2.05, 4.69) is 30.9 Å². The normalized spacial score (nSPS) is 12.3. The van der Waals surface area contributed by atoms with Gasteiger partial charge >= 0.3 is 0 Å². The Hall–Kier alpha value is -5.66. The summed E-state index contributed by atoms with van der Waals surface area (Å²) in [4.78, 5) is 39.4. The van der Waals surface area contributed by atoms with Gasteiger partial charge in [-0.1, -0.05) is 66.7 Å². The average Bonchev–Trinajstić information content (AvgIpc) is 3.02. The van der Waals surface area contributed by atoms with E-state index in [-0.39, 0.29) is 34.5 Å². The van der Waals surface area contributed by atoms with E-state index in [1.807, 2.05) is 54.6 Å². The summed E-state index contributed by atoms with van der Waals surface area (Å²) in [6.45, 7) is 2.32. The first-order chi connectivity index (χ1) is 21.6. The standard InChI is InChI=1S/C32H27N7O5S/c1-18-36-31(39-32(37-18)38-21-10-3-2-4-11-21)35-17-20-9-7-8-19(14-20)16-34-24-15-25(45(42,43)44)28(33)27-26(24)29(40)22-12-5-6-13-23(22)30(27)41/h2-15,34H,16-17,33H2,1H3,(H,42,43,44)(H2,35,36,37,38,39). The summed E-state index contributed by atoms with van der Waals surface area (Å²) < 4.78 is 34.3. The number of ketones is 2. The van der Waals surface area contributed by atoms with Crippen LogP contribution in [0.2, 0.25) is 0 Å². The Morgan fingerprint density at radius 1 is 0.733 bits per heavy atom. The number of hydrogen-bond donors (Lipinski definition) is 5. The zero-order valence-corrected chi connectivity index (χ0v) is 24.7. The van der Waals surface area contributed by atoms with Gasteiger partial charge < -0.3 is 21.7 Å². The second kappa shape index (κ2) is 11.8. The van der Waals surface area contributed by atoms with E-state index in [0.29, 0.717) is 24.3 Å². The summed E-state index contributed by atoms with van der Waals surface area (Å²) in [5.74, 6) is 0.244. The highest BCUT2D eigenvalue weighted by molar-refractivity contribution is 7.86. The minimum absolute atomic E-state index is 0.0495.